The van der Waals surface area contributed by atoms with Crippen LogP contribution in [-0.2, 0) is 0 Å². The second kappa shape index (κ2) is 5.82. The number of carbonyl (C=O) groups excluding carboxylic acids is 1. The van der Waals surface area contributed by atoms with Crippen molar-refractivity contribution in [1.82, 2.24) is 10.3 Å². The van der Waals surface area contributed by atoms with Crippen LogP contribution in [0.25, 0.3) is 0 Å². The van der Waals surface area contributed by atoms with Crippen LogP contribution in [-0.4, -0.2) is 28.1 Å². The van der Waals surface area contributed by atoms with Gasteiger partial charge in [-0.2, -0.15) is 0 Å². The van der Waals surface area contributed by atoms with Crippen LogP contribution in [0.4, 0.5) is 0 Å². The van der Waals surface area contributed by atoms with Crippen molar-refractivity contribution in [2.75, 3.05) is 6.61 Å². The molecule has 0 bridgehead atoms. The number of carbonyl (C=O) groups is 1. The molecule has 0 unspecified atom stereocenters. The summed E-state index contributed by atoms with van der Waals surface area (Å²) in [5.41, 5.74) is -0.201. The number of aliphatic hydroxyl groups is 1. The molecule has 3 N–H and O–H groups in total. The van der Waals surface area contributed by atoms with Crippen molar-refractivity contribution in [2.24, 2.45) is 0 Å². The molecule has 0 radical (unpaired) electrons. The number of nitrogens with one attached hydrogen (secondary N) is 2. The highest BCUT2D eigenvalue weighted by atomic mass is 16.3. The Balaban J connectivity index is 2.98. The lowest BCUT2D eigenvalue weighted by atomic mass is 9.93. The van der Waals surface area contributed by atoms with E-state index < -0.39 is 11.4 Å². The Bertz CT molecular complexity index is 467. The molecule has 1 amide bonds. The highest BCUT2D eigenvalue weighted by molar-refractivity contribution is 5.94. The number of pyridine rings is 1. The summed E-state index contributed by atoms with van der Waals surface area (Å²) in [6, 6.07) is 1.38. The van der Waals surface area contributed by atoms with Crippen molar-refractivity contribution in [1.29, 1.82) is 0 Å². The molecule has 0 atom stereocenters. The molecule has 18 heavy (non-hydrogen) atoms. The third-order valence-electron chi connectivity index (χ3n) is 3.34. The van der Waals surface area contributed by atoms with Gasteiger partial charge in [0.25, 0.3) is 5.91 Å². The Morgan fingerprint density at radius 2 is 2.06 bits per heavy atom. The Morgan fingerprint density at radius 3 is 2.50 bits per heavy atom. The highest BCUT2D eigenvalue weighted by Crippen LogP contribution is 2.14. The van der Waals surface area contributed by atoms with Gasteiger partial charge in [0.1, 0.15) is 5.56 Å². The summed E-state index contributed by atoms with van der Waals surface area (Å²) in [7, 11) is 0. The van der Waals surface area contributed by atoms with Gasteiger partial charge in [0.05, 0.1) is 12.1 Å². The fraction of sp³-hybridized carbons (Fsp3) is 0.538. The molecule has 0 spiro atoms. The highest BCUT2D eigenvalue weighted by Gasteiger charge is 2.28. The first-order chi connectivity index (χ1) is 8.48. The minimum absolute atomic E-state index is 0.0697. The summed E-state index contributed by atoms with van der Waals surface area (Å²) in [6.07, 6.45) is 2.62. The number of aryl methyl sites for hydroxylation is 1. The van der Waals surface area contributed by atoms with Gasteiger partial charge in [0, 0.05) is 18.0 Å². The Labute approximate surface area is 106 Å². The molecular weight excluding hydrogens is 232 g/mol. The Morgan fingerprint density at radius 1 is 1.44 bits per heavy atom. The maximum atomic E-state index is 12.0. The van der Waals surface area contributed by atoms with Gasteiger partial charge in [-0.25, -0.2) is 0 Å². The third kappa shape index (κ3) is 2.98. The van der Waals surface area contributed by atoms with E-state index in [1.54, 1.807) is 6.92 Å². The maximum absolute atomic E-state index is 12.0. The second-order valence-electron chi connectivity index (χ2n) is 4.49. The summed E-state index contributed by atoms with van der Waals surface area (Å²) < 4.78 is 0. The average molecular weight is 252 g/mol. The van der Waals surface area contributed by atoms with E-state index in [4.69, 9.17) is 0 Å². The fourth-order valence-corrected chi connectivity index (χ4v) is 1.75. The molecule has 1 rings (SSSR count). The summed E-state index contributed by atoms with van der Waals surface area (Å²) in [5, 5.41) is 12.1. The zero-order valence-electron chi connectivity index (χ0n) is 11.0. The monoisotopic (exact) mass is 252 g/mol. The van der Waals surface area contributed by atoms with Crippen molar-refractivity contribution < 1.29 is 9.90 Å². The number of aromatic nitrogens is 1. The van der Waals surface area contributed by atoms with E-state index in [1.165, 1.54) is 12.3 Å². The lowest BCUT2D eigenvalue weighted by Gasteiger charge is -2.30. The summed E-state index contributed by atoms with van der Waals surface area (Å²) >= 11 is 0. The average Bonchev–Trinajstić information content (AvgIpc) is 2.36. The first-order valence-electron chi connectivity index (χ1n) is 6.10. The largest absolute Gasteiger partial charge is 0.394 e. The lowest BCUT2D eigenvalue weighted by molar-refractivity contribution is 0.0816. The standard InChI is InChI=1S/C13H20N2O3/c1-4-13(5-2,8-16)15-12(18)10-7-14-9(3)6-11(10)17/h6-7,16H,4-5,8H2,1-3H3,(H,14,17)(H,15,18). The molecule has 1 heterocycles. The number of hydrogen-bond acceptors (Lipinski definition) is 3. The van der Waals surface area contributed by atoms with Gasteiger partial charge in [0.2, 0.25) is 0 Å². The number of aliphatic hydroxyl groups excluding tert-OH is 1. The van der Waals surface area contributed by atoms with Gasteiger partial charge < -0.3 is 15.4 Å². The molecule has 0 aliphatic heterocycles. The van der Waals surface area contributed by atoms with Crippen LogP contribution in [0.2, 0.25) is 0 Å². The topological polar surface area (TPSA) is 82.2 Å². The molecule has 0 aliphatic rings. The molecule has 0 fully saturated rings. The van der Waals surface area contributed by atoms with Gasteiger partial charge >= 0.3 is 0 Å². The number of rotatable bonds is 5. The molecule has 100 valence electrons. The van der Waals surface area contributed by atoms with Crippen molar-refractivity contribution in [3.63, 3.8) is 0 Å². The Kier molecular flexibility index (Phi) is 4.67. The zero-order chi connectivity index (χ0) is 13.8. The van der Waals surface area contributed by atoms with Crippen molar-refractivity contribution in [2.45, 2.75) is 39.2 Å². The minimum atomic E-state index is -0.658. The van der Waals surface area contributed by atoms with Gasteiger partial charge in [-0.05, 0) is 19.8 Å². The summed E-state index contributed by atoms with van der Waals surface area (Å²) in [6.45, 7) is 5.38. The van der Waals surface area contributed by atoms with E-state index in [0.717, 1.165) is 0 Å². The SMILES string of the molecule is CCC(CC)(CO)NC(=O)c1c[nH]c(C)cc1=O. The van der Waals surface area contributed by atoms with E-state index in [0.29, 0.717) is 18.5 Å². The summed E-state index contributed by atoms with van der Waals surface area (Å²) in [4.78, 5) is 26.6. The molecule has 0 saturated heterocycles. The first kappa shape index (κ1) is 14.4. The van der Waals surface area contributed by atoms with Crippen LogP contribution in [0.15, 0.2) is 17.1 Å². The fourth-order valence-electron chi connectivity index (χ4n) is 1.75. The lowest BCUT2D eigenvalue weighted by Crippen LogP contribution is -2.51. The summed E-state index contributed by atoms with van der Waals surface area (Å²) in [5.74, 6) is -0.450. The Hall–Kier alpha value is -1.62. The first-order valence-corrected chi connectivity index (χ1v) is 6.10. The number of H-pyrrole nitrogens is 1. The molecular formula is C13H20N2O3. The molecule has 0 aromatic carbocycles. The maximum Gasteiger partial charge on any atom is 0.257 e. The second-order valence-corrected chi connectivity index (χ2v) is 4.49. The van der Waals surface area contributed by atoms with Gasteiger partial charge in [-0.15, -0.1) is 0 Å². The van der Waals surface area contributed by atoms with E-state index >= 15 is 0 Å². The van der Waals surface area contributed by atoms with Crippen LogP contribution in [0.1, 0.15) is 42.7 Å². The normalized spacial score (nSPS) is 11.3. The number of aromatic amines is 1. The third-order valence-corrected chi connectivity index (χ3v) is 3.34. The predicted molar refractivity (Wildman–Crippen MR) is 69.7 cm³/mol. The van der Waals surface area contributed by atoms with E-state index in [9.17, 15) is 14.7 Å². The smallest absolute Gasteiger partial charge is 0.257 e. The predicted octanol–water partition coefficient (Wildman–Crippen LogP) is 0.964. The molecule has 5 heteroatoms. The quantitative estimate of drug-likeness (QED) is 0.730. The molecule has 0 aliphatic carbocycles. The van der Waals surface area contributed by atoms with Gasteiger partial charge in [-0.3, -0.25) is 9.59 Å². The molecule has 0 saturated carbocycles. The minimum Gasteiger partial charge on any atom is -0.394 e. The number of amides is 1. The van der Waals surface area contributed by atoms with Crippen LogP contribution >= 0.6 is 0 Å². The van der Waals surface area contributed by atoms with Crippen molar-refractivity contribution >= 4 is 5.91 Å². The number of hydrogen-bond donors (Lipinski definition) is 3. The van der Waals surface area contributed by atoms with Gasteiger partial charge in [0.15, 0.2) is 5.43 Å². The molecule has 1 aromatic heterocycles. The van der Waals surface area contributed by atoms with Crippen LogP contribution in [0.5, 0.6) is 0 Å². The van der Waals surface area contributed by atoms with E-state index in [-0.39, 0.29) is 17.6 Å². The van der Waals surface area contributed by atoms with E-state index in [2.05, 4.69) is 10.3 Å². The van der Waals surface area contributed by atoms with Gasteiger partial charge in [-0.1, -0.05) is 13.8 Å². The molecule has 5 nitrogen and oxygen atoms in total. The van der Waals surface area contributed by atoms with E-state index in [1.807, 2.05) is 13.8 Å². The van der Waals surface area contributed by atoms with Crippen molar-refractivity contribution in [3.05, 3.63) is 33.7 Å². The zero-order valence-corrected chi connectivity index (χ0v) is 11.0. The van der Waals surface area contributed by atoms with Crippen LogP contribution in [0, 0.1) is 6.92 Å². The van der Waals surface area contributed by atoms with Crippen molar-refractivity contribution in [3.8, 4) is 0 Å². The van der Waals surface area contributed by atoms with Crippen LogP contribution < -0.4 is 10.7 Å². The van der Waals surface area contributed by atoms with Crippen LogP contribution in [0.3, 0.4) is 0 Å². The molecule has 1 aromatic rings.